The summed E-state index contributed by atoms with van der Waals surface area (Å²) < 4.78 is 0. The first kappa shape index (κ1) is 9.78. The first-order valence-corrected chi connectivity index (χ1v) is 2.47. The van der Waals surface area contributed by atoms with Crippen molar-refractivity contribution in [1.82, 2.24) is 0 Å². The maximum absolute atomic E-state index is 7.79. The second-order valence-corrected chi connectivity index (χ2v) is 1.39. The second-order valence-electron chi connectivity index (χ2n) is 0.597. The predicted octanol–water partition coefficient (Wildman–Crippen LogP) is 1.29. The maximum atomic E-state index is 7.79. The number of alkyl halides is 1. The molecule has 0 rings (SSSR count). The molecule has 30 valence electrons. The standard InChI is InChI=1S/C3H4BrN.Zn/c4-2-1-3-5;/h1-2H2;. The Hall–Kier alpha value is 0.593. The Morgan fingerprint density at radius 2 is 2.17 bits per heavy atom. The van der Waals surface area contributed by atoms with Crippen LogP contribution < -0.4 is 0 Å². The van der Waals surface area contributed by atoms with Crippen LogP contribution in [-0.2, 0) is 19.5 Å². The van der Waals surface area contributed by atoms with E-state index in [4.69, 9.17) is 5.26 Å². The number of halogens is 1. The number of hydrogen-bond acceptors (Lipinski definition) is 1. The van der Waals surface area contributed by atoms with Crippen molar-refractivity contribution in [2.75, 3.05) is 5.33 Å². The van der Waals surface area contributed by atoms with Crippen molar-refractivity contribution in [2.24, 2.45) is 0 Å². The molecule has 0 N–H and O–H groups in total. The minimum atomic E-state index is 0. The predicted molar refractivity (Wildman–Crippen MR) is 24.0 cm³/mol. The molecule has 0 aromatic heterocycles. The third-order valence-corrected chi connectivity index (χ3v) is 0.603. The van der Waals surface area contributed by atoms with Gasteiger partial charge in [0.1, 0.15) is 0 Å². The van der Waals surface area contributed by atoms with Gasteiger partial charge in [0, 0.05) is 31.2 Å². The second kappa shape index (κ2) is 9.14. The van der Waals surface area contributed by atoms with E-state index in [0.29, 0.717) is 6.42 Å². The molecule has 6 heavy (non-hydrogen) atoms. The summed E-state index contributed by atoms with van der Waals surface area (Å²) in [6, 6.07) is 1.97. The van der Waals surface area contributed by atoms with E-state index in [0.717, 1.165) is 5.33 Å². The van der Waals surface area contributed by atoms with E-state index in [1.54, 1.807) is 0 Å². The Labute approximate surface area is 58.6 Å². The van der Waals surface area contributed by atoms with Gasteiger partial charge in [-0.05, 0) is 0 Å². The zero-order chi connectivity index (χ0) is 4.12. The van der Waals surface area contributed by atoms with Crippen molar-refractivity contribution in [1.29, 1.82) is 5.26 Å². The molecule has 0 radical (unpaired) electrons. The van der Waals surface area contributed by atoms with Crippen LogP contribution >= 0.6 is 15.9 Å². The molecule has 0 atom stereocenters. The van der Waals surface area contributed by atoms with Crippen molar-refractivity contribution in [3.8, 4) is 6.07 Å². The Balaban J connectivity index is 0. The molecule has 0 fully saturated rings. The van der Waals surface area contributed by atoms with E-state index in [2.05, 4.69) is 15.9 Å². The molecule has 0 saturated heterocycles. The van der Waals surface area contributed by atoms with Crippen LogP contribution in [0.4, 0.5) is 0 Å². The molecule has 0 aliphatic heterocycles. The van der Waals surface area contributed by atoms with Gasteiger partial charge in [-0.15, -0.1) is 0 Å². The summed E-state index contributed by atoms with van der Waals surface area (Å²) >= 11 is 3.09. The first-order chi connectivity index (χ1) is 2.41. The van der Waals surface area contributed by atoms with Crippen LogP contribution in [0.5, 0.6) is 0 Å². The van der Waals surface area contributed by atoms with Gasteiger partial charge in [-0.3, -0.25) is 0 Å². The van der Waals surface area contributed by atoms with E-state index in [-0.39, 0.29) is 19.5 Å². The van der Waals surface area contributed by atoms with Gasteiger partial charge in [0.05, 0.1) is 6.07 Å². The first-order valence-electron chi connectivity index (χ1n) is 1.34. The minimum Gasteiger partial charge on any atom is -0.198 e. The van der Waals surface area contributed by atoms with Gasteiger partial charge in [0.25, 0.3) is 0 Å². The SMILES string of the molecule is N#CCCBr.[Zn]. The molecule has 0 amide bonds. The van der Waals surface area contributed by atoms with E-state index in [1.165, 1.54) is 0 Å². The van der Waals surface area contributed by atoms with Crippen LogP contribution in [0.1, 0.15) is 6.42 Å². The summed E-state index contributed by atoms with van der Waals surface area (Å²) in [4.78, 5) is 0. The summed E-state index contributed by atoms with van der Waals surface area (Å²) in [6.45, 7) is 0. The quantitative estimate of drug-likeness (QED) is 0.461. The van der Waals surface area contributed by atoms with E-state index >= 15 is 0 Å². The number of nitriles is 1. The van der Waals surface area contributed by atoms with E-state index in [1.807, 2.05) is 6.07 Å². The van der Waals surface area contributed by atoms with Gasteiger partial charge in [-0.1, -0.05) is 15.9 Å². The summed E-state index contributed by atoms with van der Waals surface area (Å²) in [5.41, 5.74) is 0. The molecule has 1 nitrogen and oxygen atoms in total. The average molecular weight is 199 g/mol. The number of hydrogen-bond donors (Lipinski definition) is 0. The summed E-state index contributed by atoms with van der Waals surface area (Å²) in [7, 11) is 0. The Bertz CT molecular complexity index is 49.2. The molecule has 0 aromatic rings. The molecular weight excluding hydrogens is 195 g/mol. The Morgan fingerprint density at radius 3 is 2.17 bits per heavy atom. The zero-order valence-electron chi connectivity index (χ0n) is 3.45. The maximum Gasteiger partial charge on any atom is 0.0630 e. The molecule has 3 heteroatoms. The van der Waals surface area contributed by atoms with Crippen LogP contribution in [0.15, 0.2) is 0 Å². The Morgan fingerprint density at radius 1 is 1.67 bits per heavy atom. The minimum absolute atomic E-state index is 0. The fourth-order valence-electron chi connectivity index (χ4n) is 0.0423. The van der Waals surface area contributed by atoms with Gasteiger partial charge in [-0.2, -0.15) is 5.26 Å². The topological polar surface area (TPSA) is 23.8 Å². The largest absolute Gasteiger partial charge is 0.198 e. The molecule has 0 spiro atoms. The van der Waals surface area contributed by atoms with Crippen molar-refractivity contribution in [3.05, 3.63) is 0 Å². The van der Waals surface area contributed by atoms with Crippen molar-refractivity contribution >= 4 is 15.9 Å². The summed E-state index contributed by atoms with van der Waals surface area (Å²) in [5.74, 6) is 0. The molecular formula is C3H4BrNZn. The molecule has 0 heterocycles. The van der Waals surface area contributed by atoms with Crippen LogP contribution in [0.2, 0.25) is 0 Å². The Kier molecular flexibility index (Phi) is 14.9. The molecule has 0 saturated carbocycles. The van der Waals surface area contributed by atoms with Crippen LogP contribution in [0, 0.1) is 11.3 Å². The molecule has 0 aromatic carbocycles. The molecule has 0 unspecified atom stereocenters. The average Bonchev–Trinajstić information content (AvgIpc) is 1.41. The fraction of sp³-hybridized carbons (Fsp3) is 0.667. The van der Waals surface area contributed by atoms with Gasteiger partial charge in [-0.25, -0.2) is 0 Å². The fourth-order valence-corrected chi connectivity index (χ4v) is 0.220. The third-order valence-electron chi connectivity index (χ3n) is 0.206. The molecule has 0 aliphatic carbocycles. The van der Waals surface area contributed by atoms with Crippen molar-refractivity contribution < 1.29 is 19.5 Å². The molecule has 0 bridgehead atoms. The zero-order valence-corrected chi connectivity index (χ0v) is 8.00. The van der Waals surface area contributed by atoms with Gasteiger partial charge in [0.2, 0.25) is 0 Å². The van der Waals surface area contributed by atoms with E-state index in [9.17, 15) is 0 Å². The van der Waals surface area contributed by atoms with Crippen molar-refractivity contribution in [2.45, 2.75) is 6.42 Å². The van der Waals surface area contributed by atoms with E-state index < -0.39 is 0 Å². The van der Waals surface area contributed by atoms with Crippen molar-refractivity contribution in [3.63, 3.8) is 0 Å². The normalized spacial score (nSPS) is 5.33. The summed E-state index contributed by atoms with van der Waals surface area (Å²) in [5, 5.41) is 8.58. The van der Waals surface area contributed by atoms with Gasteiger partial charge < -0.3 is 0 Å². The van der Waals surface area contributed by atoms with Crippen LogP contribution in [0.3, 0.4) is 0 Å². The number of rotatable bonds is 1. The third kappa shape index (κ3) is 8.82. The smallest absolute Gasteiger partial charge is 0.0630 e. The van der Waals surface area contributed by atoms with Crippen LogP contribution in [-0.4, -0.2) is 5.33 Å². The van der Waals surface area contributed by atoms with Gasteiger partial charge in [0.15, 0.2) is 0 Å². The van der Waals surface area contributed by atoms with Crippen LogP contribution in [0.25, 0.3) is 0 Å². The molecule has 0 aliphatic rings. The number of nitrogens with zero attached hydrogens (tertiary/aromatic N) is 1. The summed E-state index contributed by atoms with van der Waals surface area (Å²) in [6.07, 6.45) is 0.611. The van der Waals surface area contributed by atoms with Gasteiger partial charge >= 0.3 is 0 Å². The monoisotopic (exact) mass is 197 g/mol.